The lowest BCUT2D eigenvalue weighted by atomic mass is 9.33. The Bertz CT molecular complexity index is 4530. The van der Waals surface area contributed by atoms with Crippen LogP contribution in [0.5, 0.6) is 0 Å². The molecule has 440 valence electrons. The Labute approximate surface area is 525 Å². The molecule has 0 saturated carbocycles. The summed E-state index contributed by atoms with van der Waals surface area (Å²) in [5.41, 5.74) is 30.1. The lowest BCUT2D eigenvalue weighted by Crippen LogP contribution is -2.61. The van der Waals surface area contributed by atoms with Crippen molar-refractivity contribution in [3.63, 3.8) is 0 Å². The molecule has 10 aromatic carbocycles. The Morgan fingerprint density at radius 2 is 0.739 bits per heavy atom. The predicted octanol–water partition coefficient (Wildman–Crippen LogP) is 21.4. The van der Waals surface area contributed by atoms with Gasteiger partial charge in [0.05, 0.1) is 16.7 Å². The van der Waals surface area contributed by atoms with Crippen LogP contribution in [0, 0.1) is 0 Å². The van der Waals surface area contributed by atoms with Gasteiger partial charge >= 0.3 is 0 Å². The average molecular weight is 1150 g/mol. The second-order valence-corrected chi connectivity index (χ2v) is 31.4. The van der Waals surface area contributed by atoms with Crippen LogP contribution in [0.25, 0.3) is 60.9 Å². The molecule has 2 aliphatic heterocycles. The van der Waals surface area contributed by atoms with Crippen molar-refractivity contribution in [3.8, 4) is 39.1 Å². The molecule has 11 aromatic rings. The molecule has 0 atom stereocenters. The normalized spacial score (nSPS) is 15.3. The van der Waals surface area contributed by atoms with Crippen molar-refractivity contribution in [2.75, 3.05) is 9.80 Å². The summed E-state index contributed by atoms with van der Waals surface area (Å²) in [5.74, 6) is 0. The van der Waals surface area contributed by atoms with E-state index in [1.807, 2.05) is 0 Å². The molecule has 3 heterocycles. The van der Waals surface area contributed by atoms with Gasteiger partial charge in [-0.15, -0.1) is 0 Å². The number of hydrogen-bond acceptors (Lipinski definition) is 2. The Kier molecular flexibility index (Phi) is 13.1. The summed E-state index contributed by atoms with van der Waals surface area (Å²) in [6, 6.07) is 80.7. The third-order valence-electron chi connectivity index (χ3n) is 20.2. The maximum Gasteiger partial charge on any atom is 0.252 e. The van der Waals surface area contributed by atoms with Gasteiger partial charge in [0.1, 0.15) is 0 Å². The first-order valence-electron chi connectivity index (χ1n) is 32.3. The van der Waals surface area contributed by atoms with Gasteiger partial charge < -0.3 is 14.4 Å². The summed E-state index contributed by atoms with van der Waals surface area (Å²) in [6.07, 6.45) is 2.38. The van der Waals surface area contributed by atoms with E-state index >= 15 is 0 Å². The van der Waals surface area contributed by atoms with Crippen LogP contribution < -0.4 is 26.2 Å². The van der Waals surface area contributed by atoms with Crippen LogP contribution in [0.3, 0.4) is 0 Å². The van der Waals surface area contributed by atoms with Crippen molar-refractivity contribution >= 4 is 79.0 Å². The Balaban J connectivity index is 1.10. The molecular weight excluding hydrogens is 1060 g/mol. The minimum atomic E-state index is -0.138. The number of hydrogen-bond donors (Lipinski definition) is 0. The third kappa shape index (κ3) is 9.63. The van der Waals surface area contributed by atoms with Gasteiger partial charge in [0.15, 0.2) is 0 Å². The largest absolute Gasteiger partial charge is 0.311 e. The Morgan fingerprint density at radius 1 is 0.318 bits per heavy atom. The number of nitrogens with zero attached hydrogens (tertiary/aromatic N) is 3. The summed E-state index contributed by atoms with van der Waals surface area (Å²) in [7, 11) is 0. The molecule has 0 unspecified atom stereocenters. The summed E-state index contributed by atoms with van der Waals surface area (Å²) >= 11 is 0. The number of fused-ring (bicyclic) bond motifs is 8. The molecule has 88 heavy (non-hydrogen) atoms. The third-order valence-corrected chi connectivity index (χ3v) is 20.2. The van der Waals surface area contributed by atoms with E-state index in [-0.39, 0.29) is 39.2 Å². The van der Waals surface area contributed by atoms with E-state index in [9.17, 15) is 0 Å². The SMILES string of the molecule is CC(C)(C)c1cccc(-c2ccc3c(c2)B2c4cc(-c5cccc(C(C)(C)C)c5)ccc4N(c4cc(C(C)(C)C)cc(C(C)(C)C)c4)c4cc(-n5c6ccccc6c6ccccc65)cc(c42)N3c2ccc(-c3ccc4c(c3)C(C)(C)CCC4(C)C)cc2)c1. The van der Waals surface area contributed by atoms with E-state index in [1.54, 1.807) is 0 Å². The molecule has 0 fully saturated rings. The smallest absolute Gasteiger partial charge is 0.252 e. The average Bonchev–Trinajstić information content (AvgIpc) is 0.797. The van der Waals surface area contributed by atoms with Gasteiger partial charge in [-0.25, -0.2) is 0 Å². The van der Waals surface area contributed by atoms with Gasteiger partial charge in [-0.1, -0.05) is 256 Å². The molecule has 0 saturated heterocycles. The van der Waals surface area contributed by atoms with Crippen molar-refractivity contribution < 1.29 is 0 Å². The molecule has 0 amide bonds. The van der Waals surface area contributed by atoms with E-state index in [0.717, 1.165) is 11.4 Å². The predicted molar refractivity (Wildman–Crippen MR) is 381 cm³/mol. The lowest BCUT2D eigenvalue weighted by Gasteiger charge is -2.45. The molecule has 0 radical (unpaired) electrons. The van der Waals surface area contributed by atoms with Crippen molar-refractivity contribution in [2.45, 2.75) is 156 Å². The zero-order valence-electron chi connectivity index (χ0n) is 55.0. The number of rotatable bonds is 6. The molecule has 14 rings (SSSR count). The van der Waals surface area contributed by atoms with Crippen molar-refractivity contribution in [1.82, 2.24) is 4.57 Å². The number of anilines is 6. The molecule has 0 N–H and O–H groups in total. The van der Waals surface area contributed by atoms with E-state index in [2.05, 4.69) is 331 Å². The van der Waals surface area contributed by atoms with Crippen LogP contribution >= 0.6 is 0 Å². The van der Waals surface area contributed by atoms with E-state index in [1.165, 1.54) is 146 Å². The number of para-hydroxylation sites is 2. The maximum atomic E-state index is 2.66. The van der Waals surface area contributed by atoms with Gasteiger partial charge in [0.25, 0.3) is 6.71 Å². The zero-order chi connectivity index (χ0) is 61.8. The molecular formula is C84H86BN3. The molecule has 1 aliphatic carbocycles. The maximum absolute atomic E-state index is 2.66. The van der Waals surface area contributed by atoms with Gasteiger partial charge in [0, 0.05) is 44.9 Å². The van der Waals surface area contributed by atoms with Gasteiger partial charge in [-0.2, -0.15) is 0 Å². The molecule has 1 aromatic heterocycles. The van der Waals surface area contributed by atoms with Gasteiger partial charge in [0.2, 0.25) is 0 Å². The van der Waals surface area contributed by atoms with Crippen LogP contribution in [0.4, 0.5) is 34.1 Å². The molecule has 0 spiro atoms. The topological polar surface area (TPSA) is 11.4 Å². The highest BCUT2D eigenvalue weighted by Gasteiger charge is 2.45. The first-order valence-corrected chi connectivity index (χ1v) is 32.3. The minimum absolute atomic E-state index is 0.00884. The van der Waals surface area contributed by atoms with Crippen LogP contribution in [0.1, 0.15) is 157 Å². The monoisotopic (exact) mass is 1150 g/mol. The fraction of sp³-hybridized carbons (Fsp3) is 0.286. The second kappa shape index (κ2) is 20.1. The van der Waals surface area contributed by atoms with Crippen LogP contribution in [-0.4, -0.2) is 11.3 Å². The minimum Gasteiger partial charge on any atom is -0.311 e. The van der Waals surface area contributed by atoms with Gasteiger partial charge in [-0.3, -0.25) is 0 Å². The van der Waals surface area contributed by atoms with Crippen LogP contribution in [0.2, 0.25) is 0 Å². The molecule has 0 bridgehead atoms. The Hall–Kier alpha value is -8.34. The van der Waals surface area contributed by atoms with Crippen molar-refractivity contribution in [3.05, 3.63) is 240 Å². The van der Waals surface area contributed by atoms with Crippen LogP contribution in [-0.2, 0) is 32.5 Å². The Morgan fingerprint density at radius 3 is 1.23 bits per heavy atom. The fourth-order valence-electron chi connectivity index (χ4n) is 14.7. The van der Waals surface area contributed by atoms with Crippen molar-refractivity contribution in [1.29, 1.82) is 0 Å². The number of benzene rings is 10. The number of aromatic nitrogens is 1. The first kappa shape index (κ1) is 57.4. The highest BCUT2D eigenvalue weighted by molar-refractivity contribution is 7.00. The highest BCUT2D eigenvalue weighted by atomic mass is 15.2. The summed E-state index contributed by atoms with van der Waals surface area (Å²) in [5, 5.41) is 2.49. The zero-order valence-corrected chi connectivity index (χ0v) is 55.0. The van der Waals surface area contributed by atoms with E-state index in [0.29, 0.717) is 0 Å². The first-order chi connectivity index (χ1) is 41.6. The van der Waals surface area contributed by atoms with E-state index < -0.39 is 0 Å². The van der Waals surface area contributed by atoms with Crippen molar-refractivity contribution in [2.24, 2.45) is 0 Å². The van der Waals surface area contributed by atoms with Crippen LogP contribution in [0.15, 0.2) is 206 Å². The molecule has 3 nitrogen and oxygen atoms in total. The fourth-order valence-corrected chi connectivity index (χ4v) is 14.7. The highest BCUT2D eigenvalue weighted by Crippen LogP contribution is 2.51. The summed E-state index contributed by atoms with van der Waals surface area (Å²) < 4.78 is 2.53. The standard InChI is InChI=1S/C84H86BN3/c1-79(2,3)59-25-21-23-54(43-59)57-34-39-74-70(46-57)85-71-47-58(55-24-22-26-60(44-55)80(4,5)6)35-40-75(71)88(64-49-61(81(7,8)9)48-62(50-64)82(10,11)12)77-52-65(87-72-29-19-17-27-66(72)67-28-18-20-30-73(67)87)51-76(78(77)85)86(74)63-36-31-53(32-37-63)56-33-38-68-69(45-56)84(15,16)42-41-83(68,13)14/h17-40,43-52H,41-42H2,1-16H3. The second-order valence-electron chi connectivity index (χ2n) is 31.4. The van der Waals surface area contributed by atoms with E-state index in [4.69, 9.17) is 0 Å². The lowest BCUT2D eigenvalue weighted by molar-refractivity contribution is 0.332. The molecule has 3 aliphatic rings. The van der Waals surface area contributed by atoms with Gasteiger partial charge in [-0.05, 0) is 189 Å². The summed E-state index contributed by atoms with van der Waals surface area (Å²) in [4.78, 5) is 5.27. The summed E-state index contributed by atoms with van der Waals surface area (Å²) in [6.45, 7) is 37.7. The molecule has 4 heteroatoms. The quantitative estimate of drug-likeness (QED) is 0.154.